The largest absolute Gasteiger partial charge is 0.459 e. The van der Waals surface area contributed by atoms with Crippen molar-refractivity contribution in [2.24, 2.45) is 7.05 Å². The predicted octanol–water partition coefficient (Wildman–Crippen LogP) is 1.01. The van der Waals surface area contributed by atoms with E-state index < -0.39 is 0 Å². The van der Waals surface area contributed by atoms with E-state index in [4.69, 9.17) is 4.42 Å². The quantitative estimate of drug-likeness (QED) is 0.793. The molecule has 1 fully saturated rings. The molecule has 0 spiro atoms. The zero-order valence-electron chi connectivity index (χ0n) is 12.9. The molecule has 3 rings (SSSR count). The highest BCUT2D eigenvalue weighted by molar-refractivity contribution is 5.93. The number of hydrogen-bond acceptors (Lipinski definition) is 4. The lowest BCUT2D eigenvalue weighted by Gasteiger charge is -2.33. The van der Waals surface area contributed by atoms with Crippen LogP contribution in [0.2, 0.25) is 0 Å². The number of aromatic nitrogens is 2. The third-order valence-electron chi connectivity index (χ3n) is 3.75. The van der Waals surface area contributed by atoms with Crippen LogP contribution in [0.1, 0.15) is 16.1 Å². The van der Waals surface area contributed by atoms with E-state index in [0.29, 0.717) is 31.9 Å². The fourth-order valence-corrected chi connectivity index (χ4v) is 2.49. The molecule has 3 heterocycles. The molecule has 0 bridgehead atoms. The van der Waals surface area contributed by atoms with Crippen molar-refractivity contribution in [3.05, 3.63) is 48.2 Å². The van der Waals surface area contributed by atoms with Crippen molar-refractivity contribution in [2.75, 3.05) is 26.2 Å². The Morgan fingerprint density at radius 3 is 2.57 bits per heavy atom. The van der Waals surface area contributed by atoms with E-state index in [1.807, 2.05) is 13.2 Å². The molecule has 2 aromatic rings. The van der Waals surface area contributed by atoms with Crippen LogP contribution in [0.25, 0.3) is 6.08 Å². The number of hydrogen-bond donors (Lipinski definition) is 0. The molecule has 0 aromatic carbocycles. The lowest BCUT2D eigenvalue weighted by Crippen LogP contribution is -2.50. The Bertz CT molecular complexity index is 710. The van der Waals surface area contributed by atoms with Gasteiger partial charge in [-0.25, -0.2) is 0 Å². The van der Waals surface area contributed by atoms with Crippen LogP contribution >= 0.6 is 0 Å². The first-order valence-electron chi connectivity index (χ1n) is 7.42. The van der Waals surface area contributed by atoms with Crippen LogP contribution in [0.3, 0.4) is 0 Å². The highest BCUT2D eigenvalue weighted by Gasteiger charge is 2.25. The van der Waals surface area contributed by atoms with Gasteiger partial charge in [0.1, 0.15) is 0 Å². The predicted molar refractivity (Wildman–Crippen MR) is 83.4 cm³/mol. The van der Waals surface area contributed by atoms with Crippen molar-refractivity contribution >= 4 is 17.9 Å². The first-order valence-corrected chi connectivity index (χ1v) is 7.42. The maximum absolute atomic E-state index is 12.2. The number of amides is 2. The minimum Gasteiger partial charge on any atom is -0.459 e. The number of rotatable bonds is 3. The van der Waals surface area contributed by atoms with Gasteiger partial charge in [0, 0.05) is 51.1 Å². The average molecular weight is 314 g/mol. The van der Waals surface area contributed by atoms with Crippen LogP contribution in [-0.2, 0) is 11.8 Å². The molecule has 7 heteroatoms. The molecule has 1 aliphatic rings. The summed E-state index contributed by atoms with van der Waals surface area (Å²) in [6.07, 6.45) is 8.31. The molecule has 0 atom stereocenters. The standard InChI is InChI=1S/C16H18N4O3/c1-18-12-13(11-17-18)4-5-15(21)19-6-8-20(9-7-19)16(22)14-3-2-10-23-14/h2-5,10-12H,6-9H2,1H3/b5-4-. The number of nitrogens with zero attached hydrogens (tertiary/aromatic N) is 4. The Labute approximate surface area is 133 Å². The maximum atomic E-state index is 12.2. The van der Waals surface area contributed by atoms with Gasteiger partial charge < -0.3 is 14.2 Å². The van der Waals surface area contributed by atoms with Crippen molar-refractivity contribution < 1.29 is 14.0 Å². The van der Waals surface area contributed by atoms with Crippen molar-refractivity contribution in [3.63, 3.8) is 0 Å². The molecule has 0 N–H and O–H groups in total. The van der Waals surface area contributed by atoms with Gasteiger partial charge >= 0.3 is 0 Å². The second-order valence-corrected chi connectivity index (χ2v) is 5.38. The molecule has 0 saturated carbocycles. The van der Waals surface area contributed by atoms with Crippen molar-refractivity contribution in [2.45, 2.75) is 0 Å². The summed E-state index contributed by atoms with van der Waals surface area (Å²) in [6.45, 7) is 2.04. The Morgan fingerprint density at radius 1 is 1.22 bits per heavy atom. The van der Waals surface area contributed by atoms with E-state index in [1.54, 1.807) is 45.0 Å². The molecule has 7 nitrogen and oxygen atoms in total. The molecule has 0 radical (unpaired) electrons. The Morgan fingerprint density at radius 2 is 1.96 bits per heavy atom. The van der Waals surface area contributed by atoms with E-state index in [0.717, 1.165) is 5.56 Å². The van der Waals surface area contributed by atoms with E-state index >= 15 is 0 Å². The van der Waals surface area contributed by atoms with Gasteiger partial charge in [0.25, 0.3) is 5.91 Å². The van der Waals surface area contributed by atoms with Gasteiger partial charge in [-0.2, -0.15) is 5.10 Å². The molecule has 0 aliphatic carbocycles. The fourth-order valence-electron chi connectivity index (χ4n) is 2.49. The lowest BCUT2D eigenvalue weighted by atomic mass is 10.2. The number of carbonyl (C=O) groups excluding carboxylic acids is 2. The van der Waals surface area contributed by atoms with Crippen molar-refractivity contribution in [1.82, 2.24) is 19.6 Å². The van der Waals surface area contributed by atoms with E-state index in [1.165, 1.54) is 6.26 Å². The Balaban J connectivity index is 1.53. The summed E-state index contributed by atoms with van der Waals surface area (Å²) >= 11 is 0. The number of carbonyl (C=O) groups is 2. The number of aryl methyl sites for hydroxylation is 1. The molecule has 23 heavy (non-hydrogen) atoms. The minimum atomic E-state index is -0.131. The monoisotopic (exact) mass is 314 g/mol. The molecule has 2 amide bonds. The zero-order valence-corrected chi connectivity index (χ0v) is 12.9. The lowest BCUT2D eigenvalue weighted by molar-refractivity contribution is -0.127. The molecule has 1 aliphatic heterocycles. The fraction of sp³-hybridized carbons (Fsp3) is 0.312. The van der Waals surface area contributed by atoms with Crippen molar-refractivity contribution in [3.8, 4) is 0 Å². The summed E-state index contributed by atoms with van der Waals surface area (Å²) in [6, 6.07) is 3.34. The van der Waals surface area contributed by atoms with E-state index in [2.05, 4.69) is 5.10 Å². The van der Waals surface area contributed by atoms with Crippen LogP contribution in [0.5, 0.6) is 0 Å². The van der Waals surface area contributed by atoms with Crippen LogP contribution in [-0.4, -0.2) is 57.6 Å². The van der Waals surface area contributed by atoms with Gasteiger partial charge in [0.2, 0.25) is 5.91 Å². The van der Waals surface area contributed by atoms with Gasteiger partial charge in [0.05, 0.1) is 12.5 Å². The molecule has 1 saturated heterocycles. The zero-order chi connectivity index (χ0) is 16.2. The SMILES string of the molecule is Cn1cc(/C=C\C(=O)N2CCN(C(=O)c3ccco3)CC2)cn1. The summed E-state index contributed by atoms with van der Waals surface area (Å²) in [7, 11) is 1.83. The van der Waals surface area contributed by atoms with Gasteiger partial charge in [-0.05, 0) is 18.2 Å². The molecule has 2 aromatic heterocycles. The number of furan rings is 1. The second kappa shape index (κ2) is 6.51. The van der Waals surface area contributed by atoms with Gasteiger partial charge in [0.15, 0.2) is 5.76 Å². The van der Waals surface area contributed by atoms with Crippen LogP contribution in [0.4, 0.5) is 0 Å². The van der Waals surface area contributed by atoms with E-state index in [9.17, 15) is 9.59 Å². The molecular formula is C16H18N4O3. The smallest absolute Gasteiger partial charge is 0.289 e. The summed E-state index contributed by atoms with van der Waals surface area (Å²) in [5.41, 5.74) is 0.882. The van der Waals surface area contributed by atoms with Crippen molar-refractivity contribution in [1.29, 1.82) is 0 Å². The van der Waals surface area contributed by atoms with Crippen LogP contribution < -0.4 is 0 Å². The summed E-state index contributed by atoms with van der Waals surface area (Å²) in [4.78, 5) is 27.8. The number of piperazine rings is 1. The molecule has 120 valence electrons. The Kier molecular flexibility index (Phi) is 4.27. The maximum Gasteiger partial charge on any atom is 0.289 e. The highest BCUT2D eigenvalue weighted by Crippen LogP contribution is 2.10. The third-order valence-corrected chi connectivity index (χ3v) is 3.75. The third kappa shape index (κ3) is 3.50. The molecule has 0 unspecified atom stereocenters. The van der Waals surface area contributed by atoms with E-state index in [-0.39, 0.29) is 11.8 Å². The molecular weight excluding hydrogens is 296 g/mol. The Hall–Kier alpha value is -2.83. The highest BCUT2D eigenvalue weighted by atomic mass is 16.3. The van der Waals surface area contributed by atoms with Gasteiger partial charge in [-0.1, -0.05) is 0 Å². The van der Waals surface area contributed by atoms with Crippen LogP contribution in [0, 0.1) is 0 Å². The second-order valence-electron chi connectivity index (χ2n) is 5.38. The summed E-state index contributed by atoms with van der Waals surface area (Å²) in [5.74, 6) is 0.146. The van der Waals surface area contributed by atoms with Gasteiger partial charge in [-0.3, -0.25) is 14.3 Å². The summed E-state index contributed by atoms with van der Waals surface area (Å²) in [5, 5.41) is 4.05. The average Bonchev–Trinajstić information content (AvgIpc) is 3.24. The normalized spacial score (nSPS) is 15.3. The van der Waals surface area contributed by atoms with Crippen LogP contribution in [0.15, 0.2) is 41.3 Å². The van der Waals surface area contributed by atoms with Gasteiger partial charge in [-0.15, -0.1) is 0 Å². The first kappa shape index (κ1) is 15.1. The minimum absolute atomic E-state index is 0.0565. The topological polar surface area (TPSA) is 71.6 Å². The summed E-state index contributed by atoms with van der Waals surface area (Å²) < 4.78 is 6.81. The first-order chi connectivity index (χ1) is 11.1.